The van der Waals surface area contributed by atoms with Gasteiger partial charge < -0.3 is 14.0 Å². The summed E-state index contributed by atoms with van der Waals surface area (Å²) in [7, 11) is 3.41. The molecule has 4 rings (SSSR count). The van der Waals surface area contributed by atoms with Gasteiger partial charge in [-0.05, 0) is 37.1 Å². The molecule has 28 heavy (non-hydrogen) atoms. The molecule has 4 nitrogen and oxygen atoms in total. The Hall–Kier alpha value is -2.72. The lowest BCUT2D eigenvalue weighted by Crippen LogP contribution is -2.29. The molecule has 0 N–H and O–H groups in total. The van der Waals surface area contributed by atoms with Gasteiger partial charge in [0.1, 0.15) is 11.5 Å². The Morgan fingerprint density at radius 3 is 2.54 bits per heavy atom. The maximum absolute atomic E-state index is 5.66. The van der Waals surface area contributed by atoms with Crippen molar-refractivity contribution in [2.75, 3.05) is 20.8 Å². The highest BCUT2D eigenvalue weighted by Gasteiger charge is 2.28. The minimum Gasteiger partial charge on any atom is -0.497 e. The molecule has 0 spiro atoms. The molecule has 0 saturated carbocycles. The van der Waals surface area contributed by atoms with Crippen LogP contribution in [0.15, 0.2) is 60.8 Å². The van der Waals surface area contributed by atoms with E-state index in [0.717, 1.165) is 37.6 Å². The largest absolute Gasteiger partial charge is 0.497 e. The number of nitrogens with zero attached hydrogens (tertiary/aromatic N) is 2. The van der Waals surface area contributed by atoms with Gasteiger partial charge in [0.05, 0.1) is 20.3 Å². The Bertz CT molecular complexity index is 930. The van der Waals surface area contributed by atoms with E-state index >= 15 is 0 Å². The van der Waals surface area contributed by atoms with Gasteiger partial charge in [-0.1, -0.05) is 35.9 Å². The molecule has 0 bridgehead atoms. The number of rotatable bonds is 5. The van der Waals surface area contributed by atoms with Crippen LogP contribution in [0.3, 0.4) is 0 Å². The van der Waals surface area contributed by atoms with E-state index in [1.54, 1.807) is 14.2 Å². The van der Waals surface area contributed by atoms with Crippen LogP contribution in [0.25, 0.3) is 0 Å². The third kappa shape index (κ3) is 3.65. The summed E-state index contributed by atoms with van der Waals surface area (Å²) in [6.45, 7) is 5.06. The van der Waals surface area contributed by atoms with E-state index in [2.05, 4.69) is 65.1 Å². The lowest BCUT2D eigenvalue weighted by Gasteiger charge is -2.31. The van der Waals surface area contributed by atoms with Gasteiger partial charge in [-0.25, -0.2) is 0 Å². The predicted molar refractivity (Wildman–Crippen MR) is 112 cm³/mol. The van der Waals surface area contributed by atoms with Crippen LogP contribution >= 0.6 is 0 Å². The van der Waals surface area contributed by atoms with Crippen LogP contribution in [-0.4, -0.2) is 30.2 Å². The fourth-order valence-corrected chi connectivity index (χ4v) is 4.14. The second kappa shape index (κ2) is 8.11. The molecule has 146 valence electrons. The highest BCUT2D eigenvalue weighted by molar-refractivity contribution is 5.41. The van der Waals surface area contributed by atoms with Crippen molar-refractivity contribution in [1.82, 2.24) is 9.47 Å². The molecule has 2 heterocycles. The van der Waals surface area contributed by atoms with Crippen molar-refractivity contribution in [3.8, 4) is 11.5 Å². The fourth-order valence-electron chi connectivity index (χ4n) is 4.14. The third-order valence-electron chi connectivity index (χ3n) is 5.62. The van der Waals surface area contributed by atoms with Crippen LogP contribution in [0.1, 0.15) is 34.8 Å². The molecule has 1 atom stereocenters. The average Bonchev–Trinajstić information content (AvgIpc) is 3.11. The average molecular weight is 377 g/mol. The summed E-state index contributed by atoms with van der Waals surface area (Å²) in [5, 5.41) is 0. The molecule has 0 aliphatic carbocycles. The van der Waals surface area contributed by atoms with Crippen molar-refractivity contribution >= 4 is 0 Å². The lowest BCUT2D eigenvalue weighted by atomic mass is 9.99. The van der Waals surface area contributed by atoms with Crippen LogP contribution in [-0.2, 0) is 13.1 Å². The molecule has 0 fully saturated rings. The van der Waals surface area contributed by atoms with Gasteiger partial charge in [0.15, 0.2) is 0 Å². The Kier molecular flexibility index (Phi) is 5.40. The van der Waals surface area contributed by atoms with E-state index in [-0.39, 0.29) is 6.04 Å². The topological polar surface area (TPSA) is 26.6 Å². The van der Waals surface area contributed by atoms with Crippen molar-refractivity contribution < 1.29 is 9.47 Å². The summed E-state index contributed by atoms with van der Waals surface area (Å²) < 4.78 is 13.4. The SMILES string of the molecule is COc1ccc(CN2CCCn3cccc3[C@H]2c2ccc(C)cc2)c(OC)c1. The molecule has 1 aliphatic rings. The molecular formula is C24H28N2O2. The number of hydrogen-bond acceptors (Lipinski definition) is 3. The quantitative estimate of drug-likeness (QED) is 0.639. The number of hydrogen-bond donors (Lipinski definition) is 0. The van der Waals surface area contributed by atoms with Crippen LogP contribution in [0.2, 0.25) is 0 Å². The van der Waals surface area contributed by atoms with E-state index in [0.29, 0.717) is 0 Å². The summed E-state index contributed by atoms with van der Waals surface area (Å²) in [6.07, 6.45) is 3.33. The van der Waals surface area contributed by atoms with E-state index < -0.39 is 0 Å². The smallest absolute Gasteiger partial charge is 0.127 e. The van der Waals surface area contributed by atoms with Crippen LogP contribution in [0.5, 0.6) is 11.5 Å². The van der Waals surface area contributed by atoms with Crippen LogP contribution in [0, 0.1) is 6.92 Å². The van der Waals surface area contributed by atoms with Gasteiger partial charge in [-0.15, -0.1) is 0 Å². The monoisotopic (exact) mass is 376 g/mol. The Morgan fingerprint density at radius 2 is 1.79 bits per heavy atom. The third-order valence-corrected chi connectivity index (χ3v) is 5.62. The predicted octanol–water partition coefficient (Wildman–Crippen LogP) is 4.81. The fraction of sp³-hybridized carbons (Fsp3) is 0.333. The zero-order chi connectivity index (χ0) is 19.5. The van der Waals surface area contributed by atoms with Crippen molar-refractivity contribution in [3.05, 3.63) is 83.2 Å². The first-order chi connectivity index (χ1) is 13.7. The number of fused-ring (bicyclic) bond motifs is 1. The minimum absolute atomic E-state index is 0.227. The standard InChI is InChI=1S/C24H28N2O2/c1-18-7-9-19(10-8-18)24-22-6-4-13-25(22)14-5-15-26(24)17-20-11-12-21(27-2)16-23(20)28-3/h4,6-13,16,24H,5,14-15,17H2,1-3H3/t24-/m1/s1. The Balaban J connectivity index is 1.73. The number of benzene rings is 2. The van der Waals surface area contributed by atoms with Gasteiger partial charge in [0, 0.05) is 43.2 Å². The van der Waals surface area contributed by atoms with Crippen molar-refractivity contribution in [1.29, 1.82) is 0 Å². The molecular weight excluding hydrogens is 348 g/mol. The summed E-state index contributed by atoms with van der Waals surface area (Å²) in [5.74, 6) is 1.70. The second-order valence-electron chi connectivity index (χ2n) is 7.44. The minimum atomic E-state index is 0.227. The zero-order valence-corrected chi connectivity index (χ0v) is 16.9. The number of aromatic nitrogens is 1. The zero-order valence-electron chi connectivity index (χ0n) is 16.9. The first kappa shape index (κ1) is 18.6. The van der Waals surface area contributed by atoms with E-state index in [9.17, 15) is 0 Å². The summed E-state index contributed by atoms with van der Waals surface area (Å²) >= 11 is 0. The van der Waals surface area contributed by atoms with Crippen molar-refractivity contribution in [3.63, 3.8) is 0 Å². The van der Waals surface area contributed by atoms with Gasteiger partial charge in [-0.2, -0.15) is 0 Å². The summed E-state index contributed by atoms with van der Waals surface area (Å²) in [6, 6.07) is 19.7. The van der Waals surface area contributed by atoms with Crippen molar-refractivity contribution in [2.24, 2.45) is 0 Å². The molecule has 0 radical (unpaired) electrons. The number of aryl methyl sites for hydroxylation is 2. The number of ether oxygens (including phenoxy) is 2. The first-order valence-corrected chi connectivity index (χ1v) is 9.86. The van der Waals surface area contributed by atoms with Gasteiger partial charge in [0.2, 0.25) is 0 Å². The maximum Gasteiger partial charge on any atom is 0.127 e. The highest BCUT2D eigenvalue weighted by Crippen LogP contribution is 2.35. The maximum atomic E-state index is 5.66. The van der Waals surface area contributed by atoms with Gasteiger partial charge >= 0.3 is 0 Å². The molecule has 1 aromatic heterocycles. The molecule has 1 aliphatic heterocycles. The van der Waals surface area contributed by atoms with Crippen LogP contribution < -0.4 is 9.47 Å². The lowest BCUT2D eigenvalue weighted by molar-refractivity contribution is 0.217. The molecule has 0 unspecified atom stereocenters. The normalized spacial score (nSPS) is 17.0. The van der Waals surface area contributed by atoms with E-state index in [1.165, 1.54) is 22.4 Å². The van der Waals surface area contributed by atoms with E-state index in [4.69, 9.17) is 9.47 Å². The molecule has 4 heteroatoms. The molecule has 0 saturated heterocycles. The summed E-state index contributed by atoms with van der Waals surface area (Å²) in [5.41, 5.74) is 5.16. The van der Waals surface area contributed by atoms with Gasteiger partial charge in [0.25, 0.3) is 0 Å². The van der Waals surface area contributed by atoms with Gasteiger partial charge in [-0.3, -0.25) is 4.90 Å². The number of methoxy groups -OCH3 is 2. The van der Waals surface area contributed by atoms with Crippen molar-refractivity contribution in [2.45, 2.75) is 32.5 Å². The van der Waals surface area contributed by atoms with Crippen LogP contribution in [0.4, 0.5) is 0 Å². The Morgan fingerprint density at radius 1 is 0.964 bits per heavy atom. The molecule has 3 aromatic rings. The molecule has 0 amide bonds. The summed E-state index contributed by atoms with van der Waals surface area (Å²) in [4.78, 5) is 2.56. The molecule has 2 aromatic carbocycles. The Labute approximate surface area is 167 Å². The first-order valence-electron chi connectivity index (χ1n) is 9.86. The highest BCUT2D eigenvalue weighted by atomic mass is 16.5. The second-order valence-corrected chi connectivity index (χ2v) is 7.44. The van der Waals surface area contributed by atoms with E-state index in [1.807, 2.05) is 12.1 Å².